The van der Waals surface area contributed by atoms with Gasteiger partial charge < -0.3 is 15.5 Å². The van der Waals surface area contributed by atoms with Crippen LogP contribution in [0.2, 0.25) is 0 Å². The first-order valence-electron chi connectivity index (χ1n) is 5.65. The molecule has 0 amide bonds. The third-order valence-electron chi connectivity index (χ3n) is 2.52. The van der Waals surface area contributed by atoms with E-state index >= 15 is 0 Å². The highest BCUT2D eigenvalue weighted by atomic mass is 16.3. The van der Waals surface area contributed by atoms with E-state index < -0.39 is 0 Å². The van der Waals surface area contributed by atoms with Crippen LogP contribution in [0, 0.1) is 0 Å². The van der Waals surface area contributed by atoms with Crippen LogP contribution in [0.25, 0.3) is 0 Å². The number of furan rings is 1. The second-order valence-electron chi connectivity index (χ2n) is 3.82. The van der Waals surface area contributed by atoms with Crippen molar-refractivity contribution in [3.8, 4) is 0 Å². The minimum absolute atomic E-state index is 0.552. The number of hydrogen-bond donors (Lipinski definition) is 2. The molecule has 0 aliphatic rings. The molecular weight excluding hydrogens is 216 g/mol. The van der Waals surface area contributed by atoms with Crippen molar-refractivity contribution in [1.29, 1.82) is 0 Å². The number of hydrogen-bond acceptors (Lipinski definition) is 5. The SMILES string of the molecule is CCCc1c(N)ncnc1NCc1ccoc1. The van der Waals surface area contributed by atoms with Crippen molar-refractivity contribution in [3.05, 3.63) is 36.0 Å². The van der Waals surface area contributed by atoms with Gasteiger partial charge in [-0.25, -0.2) is 9.97 Å². The van der Waals surface area contributed by atoms with Crippen LogP contribution in [-0.2, 0) is 13.0 Å². The third-order valence-corrected chi connectivity index (χ3v) is 2.52. The smallest absolute Gasteiger partial charge is 0.134 e. The fourth-order valence-electron chi connectivity index (χ4n) is 1.65. The molecule has 0 fully saturated rings. The summed E-state index contributed by atoms with van der Waals surface area (Å²) in [5.74, 6) is 1.36. The Morgan fingerprint density at radius 2 is 2.29 bits per heavy atom. The maximum Gasteiger partial charge on any atom is 0.134 e. The Balaban J connectivity index is 2.11. The highest BCUT2D eigenvalue weighted by Gasteiger charge is 2.08. The van der Waals surface area contributed by atoms with Crippen LogP contribution in [0.3, 0.4) is 0 Å². The predicted molar refractivity (Wildman–Crippen MR) is 66.5 cm³/mol. The summed E-state index contributed by atoms with van der Waals surface area (Å²) >= 11 is 0. The van der Waals surface area contributed by atoms with E-state index in [0.29, 0.717) is 12.4 Å². The molecule has 90 valence electrons. The third kappa shape index (κ3) is 2.75. The van der Waals surface area contributed by atoms with Gasteiger partial charge in [-0.3, -0.25) is 0 Å². The zero-order valence-corrected chi connectivity index (χ0v) is 9.81. The molecule has 3 N–H and O–H groups in total. The summed E-state index contributed by atoms with van der Waals surface area (Å²) in [6.07, 6.45) is 6.72. The number of nitrogens with zero attached hydrogens (tertiary/aromatic N) is 2. The number of rotatable bonds is 5. The van der Waals surface area contributed by atoms with E-state index in [4.69, 9.17) is 10.2 Å². The van der Waals surface area contributed by atoms with E-state index in [1.54, 1.807) is 12.5 Å². The van der Waals surface area contributed by atoms with Crippen molar-refractivity contribution < 1.29 is 4.42 Å². The van der Waals surface area contributed by atoms with Gasteiger partial charge in [-0.15, -0.1) is 0 Å². The number of nitrogens with one attached hydrogen (secondary N) is 1. The average Bonchev–Trinajstić information content (AvgIpc) is 2.83. The minimum Gasteiger partial charge on any atom is -0.472 e. The van der Waals surface area contributed by atoms with Crippen LogP contribution in [0.15, 0.2) is 29.3 Å². The highest BCUT2D eigenvalue weighted by molar-refractivity contribution is 5.55. The number of nitrogen functional groups attached to an aromatic ring is 1. The molecule has 5 nitrogen and oxygen atoms in total. The lowest BCUT2D eigenvalue weighted by atomic mass is 10.1. The van der Waals surface area contributed by atoms with E-state index in [9.17, 15) is 0 Å². The molecule has 0 aliphatic heterocycles. The van der Waals surface area contributed by atoms with Gasteiger partial charge in [0.25, 0.3) is 0 Å². The molecule has 2 rings (SSSR count). The summed E-state index contributed by atoms with van der Waals surface area (Å²) in [5.41, 5.74) is 7.91. The van der Waals surface area contributed by atoms with E-state index in [1.807, 2.05) is 6.07 Å². The lowest BCUT2D eigenvalue weighted by molar-refractivity contribution is 0.564. The fourth-order valence-corrected chi connectivity index (χ4v) is 1.65. The Morgan fingerprint density at radius 1 is 1.41 bits per heavy atom. The molecular formula is C12H16N4O. The summed E-state index contributed by atoms with van der Waals surface area (Å²) in [6.45, 7) is 2.77. The lowest BCUT2D eigenvalue weighted by Crippen LogP contribution is -2.08. The van der Waals surface area contributed by atoms with Crippen molar-refractivity contribution in [2.24, 2.45) is 0 Å². The van der Waals surface area contributed by atoms with Crippen molar-refractivity contribution >= 4 is 11.6 Å². The predicted octanol–water partition coefficient (Wildman–Crippen LogP) is 2.22. The van der Waals surface area contributed by atoms with Gasteiger partial charge >= 0.3 is 0 Å². The molecule has 0 spiro atoms. The van der Waals surface area contributed by atoms with Crippen molar-refractivity contribution in [2.45, 2.75) is 26.3 Å². The van der Waals surface area contributed by atoms with E-state index in [0.717, 1.165) is 29.8 Å². The summed E-state index contributed by atoms with van der Waals surface area (Å²) in [7, 11) is 0. The zero-order chi connectivity index (χ0) is 12.1. The van der Waals surface area contributed by atoms with E-state index in [2.05, 4.69) is 22.2 Å². The first-order chi connectivity index (χ1) is 8.31. The Labute approximate surface area is 100 Å². The molecule has 0 saturated carbocycles. The van der Waals surface area contributed by atoms with Gasteiger partial charge in [-0.2, -0.15) is 0 Å². The second kappa shape index (κ2) is 5.34. The van der Waals surface area contributed by atoms with Crippen LogP contribution >= 0.6 is 0 Å². The molecule has 0 bridgehead atoms. The highest BCUT2D eigenvalue weighted by Crippen LogP contribution is 2.19. The monoisotopic (exact) mass is 232 g/mol. The fraction of sp³-hybridized carbons (Fsp3) is 0.333. The topological polar surface area (TPSA) is 77.0 Å². The molecule has 2 aromatic rings. The first kappa shape index (κ1) is 11.4. The number of nitrogens with two attached hydrogens (primary N) is 1. The van der Waals surface area contributed by atoms with Gasteiger partial charge in [-0.1, -0.05) is 13.3 Å². The minimum atomic E-state index is 0.552. The van der Waals surface area contributed by atoms with Crippen molar-refractivity contribution in [1.82, 2.24) is 9.97 Å². The Morgan fingerprint density at radius 3 is 3.00 bits per heavy atom. The normalized spacial score (nSPS) is 10.4. The second-order valence-corrected chi connectivity index (χ2v) is 3.82. The van der Waals surface area contributed by atoms with Gasteiger partial charge in [0.1, 0.15) is 18.0 Å². The standard InChI is InChI=1S/C12H16N4O/c1-2-3-10-11(13)15-8-16-12(10)14-6-9-4-5-17-7-9/h4-5,7-8H,2-3,6H2,1H3,(H3,13,14,15,16). The molecule has 0 atom stereocenters. The molecule has 0 unspecified atom stereocenters. The van der Waals surface area contributed by atoms with E-state index in [1.165, 1.54) is 6.33 Å². The maximum atomic E-state index is 5.85. The number of anilines is 2. The Bertz CT molecular complexity index is 467. The molecule has 0 aliphatic carbocycles. The summed E-state index contributed by atoms with van der Waals surface area (Å²) in [6, 6.07) is 1.91. The summed E-state index contributed by atoms with van der Waals surface area (Å²) in [4.78, 5) is 8.24. The van der Waals surface area contributed by atoms with E-state index in [-0.39, 0.29) is 0 Å². The van der Waals surface area contributed by atoms with Gasteiger partial charge in [-0.05, 0) is 12.5 Å². The number of aromatic nitrogens is 2. The van der Waals surface area contributed by atoms with Crippen LogP contribution in [0.4, 0.5) is 11.6 Å². The van der Waals surface area contributed by atoms with Gasteiger partial charge in [0.15, 0.2) is 0 Å². The molecule has 5 heteroatoms. The van der Waals surface area contributed by atoms with Gasteiger partial charge in [0, 0.05) is 17.7 Å². The zero-order valence-electron chi connectivity index (χ0n) is 9.81. The summed E-state index contributed by atoms with van der Waals surface area (Å²) < 4.78 is 5.01. The van der Waals surface area contributed by atoms with Crippen molar-refractivity contribution in [2.75, 3.05) is 11.1 Å². The molecule has 17 heavy (non-hydrogen) atoms. The van der Waals surface area contributed by atoms with Gasteiger partial charge in [0.2, 0.25) is 0 Å². The largest absolute Gasteiger partial charge is 0.472 e. The molecule has 2 aromatic heterocycles. The van der Waals surface area contributed by atoms with Gasteiger partial charge in [0.05, 0.1) is 12.5 Å². The molecule has 0 saturated heterocycles. The van der Waals surface area contributed by atoms with Crippen LogP contribution in [0.1, 0.15) is 24.5 Å². The van der Waals surface area contributed by atoms with Crippen LogP contribution in [0.5, 0.6) is 0 Å². The van der Waals surface area contributed by atoms with Crippen LogP contribution in [-0.4, -0.2) is 9.97 Å². The average molecular weight is 232 g/mol. The quantitative estimate of drug-likeness (QED) is 0.826. The Hall–Kier alpha value is -2.04. The maximum absolute atomic E-state index is 5.85. The Kier molecular flexibility index (Phi) is 3.59. The summed E-state index contributed by atoms with van der Waals surface area (Å²) in [5, 5.41) is 3.25. The first-order valence-corrected chi connectivity index (χ1v) is 5.65. The lowest BCUT2D eigenvalue weighted by Gasteiger charge is -2.10. The molecule has 2 heterocycles. The molecule has 0 aromatic carbocycles. The van der Waals surface area contributed by atoms with Crippen molar-refractivity contribution in [3.63, 3.8) is 0 Å². The molecule has 0 radical (unpaired) electrons. The van der Waals surface area contributed by atoms with Crippen LogP contribution < -0.4 is 11.1 Å².